The number of alkyl halides is 3. The molecule has 10 heteroatoms. The molecule has 34 heavy (non-hydrogen) atoms. The molecule has 1 amide bonds. The van der Waals surface area contributed by atoms with Crippen LogP contribution in [0.15, 0.2) is 30.5 Å². The lowest BCUT2D eigenvalue weighted by Gasteiger charge is -2.27. The number of hydrogen-bond donors (Lipinski definition) is 1. The zero-order valence-corrected chi connectivity index (χ0v) is 19.7. The fourth-order valence-electron chi connectivity index (χ4n) is 4.06. The van der Waals surface area contributed by atoms with Crippen LogP contribution in [0.2, 0.25) is 0 Å². The molecule has 0 aromatic carbocycles. The van der Waals surface area contributed by atoms with Crippen molar-refractivity contribution in [3.05, 3.63) is 46.9 Å². The van der Waals surface area contributed by atoms with Crippen molar-refractivity contribution in [1.29, 1.82) is 0 Å². The largest absolute Gasteiger partial charge is 0.433 e. The number of hydrogen-bond acceptors (Lipinski definition) is 6. The van der Waals surface area contributed by atoms with Gasteiger partial charge >= 0.3 is 6.18 Å². The number of aromatic nitrogens is 3. The molecule has 1 saturated carbocycles. The Bertz CT molecular complexity index is 1130. The van der Waals surface area contributed by atoms with Crippen LogP contribution < -0.4 is 5.32 Å². The fourth-order valence-corrected chi connectivity index (χ4v) is 5.21. The van der Waals surface area contributed by atoms with Gasteiger partial charge in [-0.15, -0.1) is 11.3 Å². The Morgan fingerprint density at radius 1 is 1.21 bits per heavy atom. The maximum atomic E-state index is 12.9. The van der Waals surface area contributed by atoms with Gasteiger partial charge in [-0.1, -0.05) is 19.4 Å². The zero-order chi connectivity index (χ0) is 24.1. The molecule has 1 N–H and O–H groups in total. The summed E-state index contributed by atoms with van der Waals surface area (Å²) in [5, 5.41) is 3.60. The van der Waals surface area contributed by atoms with Gasteiger partial charge in [0.2, 0.25) is 0 Å². The van der Waals surface area contributed by atoms with Crippen LogP contribution in [0.25, 0.3) is 10.2 Å². The number of amides is 1. The van der Waals surface area contributed by atoms with Gasteiger partial charge < -0.3 is 10.1 Å². The highest BCUT2D eigenvalue weighted by atomic mass is 32.1. The summed E-state index contributed by atoms with van der Waals surface area (Å²) in [7, 11) is 0. The Morgan fingerprint density at radius 2 is 2.00 bits per heavy atom. The Labute approximate surface area is 200 Å². The summed E-state index contributed by atoms with van der Waals surface area (Å²) in [5.74, 6) is 0.508. The second-order valence-electron chi connectivity index (χ2n) is 8.60. The van der Waals surface area contributed by atoms with Crippen molar-refractivity contribution in [2.75, 3.05) is 18.5 Å². The number of fused-ring (bicyclic) bond motifs is 1. The van der Waals surface area contributed by atoms with Crippen molar-refractivity contribution < 1.29 is 22.7 Å². The van der Waals surface area contributed by atoms with Crippen LogP contribution in [0.1, 0.15) is 72.6 Å². The molecule has 0 saturated heterocycles. The van der Waals surface area contributed by atoms with Crippen LogP contribution in [0.3, 0.4) is 0 Å². The normalized spacial score (nSPS) is 18.8. The maximum Gasteiger partial charge on any atom is 0.433 e. The highest BCUT2D eigenvalue weighted by Gasteiger charge is 2.33. The number of carbonyl (C=O) groups is 1. The molecule has 182 valence electrons. The molecule has 1 aliphatic carbocycles. The van der Waals surface area contributed by atoms with E-state index in [-0.39, 0.29) is 11.5 Å². The number of nitrogens with one attached hydrogen (secondary N) is 1. The molecule has 3 aromatic rings. The van der Waals surface area contributed by atoms with Crippen molar-refractivity contribution in [1.82, 2.24) is 15.0 Å². The summed E-state index contributed by atoms with van der Waals surface area (Å²) in [6.45, 7) is 3.83. The van der Waals surface area contributed by atoms with Crippen LogP contribution in [0.5, 0.6) is 0 Å². The standard InChI is InChI=1S/C24H27F3N4O2S/c1-2-3-11-33-14-15-7-9-16(10-8-15)23-30-18-13-28-21(12-19(18)34-23)31-22(32)17-5-4-6-20(29-17)24(25,26)27/h4-6,12-13,15-16H,2-3,7-11,14H2,1H3,(H,28,31,32). The molecule has 1 fully saturated rings. The van der Waals surface area contributed by atoms with Gasteiger partial charge in [-0.3, -0.25) is 4.79 Å². The molecule has 0 aliphatic heterocycles. The minimum Gasteiger partial charge on any atom is -0.381 e. The molecule has 0 atom stereocenters. The number of halogens is 3. The number of ether oxygens (including phenoxy) is 1. The molecule has 4 rings (SSSR count). The van der Waals surface area contributed by atoms with Crippen molar-refractivity contribution >= 4 is 33.3 Å². The first kappa shape index (κ1) is 24.5. The molecule has 1 aliphatic rings. The van der Waals surface area contributed by atoms with E-state index in [0.29, 0.717) is 11.8 Å². The monoisotopic (exact) mass is 492 g/mol. The van der Waals surface area contributed by atoms with E-state index in [4.69, 9.17) is 9.72 Å². The maximum absolute atomic E-state index is 12.9. The van der Waals surface area contributed by atoms with Crippen LogP contribution in [-0.4, -0.2) is 34.1 Å². The van der Waals surface area contributed by atoms with E-state index in [1.165, 1.54) is 6.07 Å². The molecular formula is C24H27F3N4O2S. The van der Waals surface area contributed by atoms with E-state index in [1.54, 1.807) is 23.6 Å². The predicted octanol–water partition coefficient (Wildman–Crippen LogP) is 6.45. The van der Waals surface area contributed by atoms with Gasteiger partial charge in [0.15, 0.2) is 0 Å². The highest BCUT2D eigenvalue weighted by molar-refractivity contribution is 7.18. The van der Waals surface area contributed by atoms with Crippen LogP contribution in [0, 0.1) is 5.92 Å². The van der Waals surface area contributed by atoms with Crippen molar-refractivity contribution in [3.8, 4) is 0 Å². The molecule has 3 aromatic heterocycles. The third-order valence-corrected chi connectivity index (χ3v) is 7.18. The van der Waals surface area contributed by atoms with E-state index in [0.717, 1.165) is 79.1 Å². The van der Waals surface area contributed by atoms with E-state index in [9.17, 15) is 18.0 Å². The number of thiazole rings is 1. The van der Waals surface area contributed by atoms with Crippen LogP contribution in [-0.2, 0) is 10.9 Å². The number of rotatable bonds is 8. The van der Waals surface area contributed by atoms with Gasteiger partial charge in [-0.2, -0.15) is 13.2 Å². The molecular weight excluding hydrogens is 465 g/mol. The molecule has 0 spiro atoms. The van der Waals surface area contributed by atoms with Gasteiger partial charge in [0.25, 0.3) is 5.91 Å². The topological polar surface area (TPSA) is 77.0 Å². The zero-order valence-electron chi connectivity index (χ0n) is 18.9. The minimum absolute atomic E-state index is 0.250. The Hall–Kier alpha value is -2.59. The van der Waals surface area contributed by atoms with Crippen molar-refractivity contribution in [3.63, 3.8) is 0 Å². The average molecular weight is 493 g/mol. The second-order valence-corrected chi connectivity index (χ2v) is 9.66. The summed E-state index contributed by atoms with van der Waals surface area (Å²) in [4.78, 5) is 24.8. The van der Waals surface area contributed by atoms with Gasteiger partial charge in [0, 0.05) is 25.2 Å². The number of pyridine rings is 2. The van der Waals surface area contributed by atoms with Gasteiger partial charge in [0.05, 0.1) is 21.4 Å². The first-order chi connectivity index (χ1) is 16.3. The van der Waals surface area contributed by atoms with Gasteiger partial charge in [0.1, 0.15) is 17.2 Å². The Morgan fingerprint density at radius 3 is 2.74 bits per heavy atom. The fraction of sp³-hybridized carbons (Fsp3) is 0.500. The second kappa shape index (κ2) is 10.8. The lowest BCUT2D eigenvalue weighted by atomic mass is 9.83. The van der Waals surface area contributed by atoms with Crippen molar-refractivity contribution in [2.45, 2.75) is 57.5 Å². The smallest absolute Gasteiger partial charge is 0.381 e. The average Bonchev–Trinajstić information content (AvgIpc) is 3.25. The van der Waals surface area contributed by atoms with Gasteiger partial charge in [-0.25, -0.2) is 15.0 Å². The van der Waals surface area contributed by atoms with Crippen molar-refractivity contribution in [2.24, 2.45) is 5.92 Å². The van der Waals surface area contributed by atoms with E-state index < -0.39 is 17.8 Å². The number of anilines is 1. The van der Waals surface area contributed by atoms with E-state index in [2.05, 4.69) is 22.2 Å². The molecule has 0 unspecified atom stereocenters. The number of carbonyl (C=O) groups excluding carboxylic acids is 1. The molecule has 0 bridgehead atoms. The molecule has 3 heterocycles. The van der Waals surface area contributed by atoms with Crippen LogP contribution in [0.4, 0.5) is 19.0 Å². The summed E-state index contributed by atoms with van der Waals surface area (Å²) in [5.41, 5.74) is -0.685. The summed E-state index contributed by atoms with van der Waals surface area (Å²) >= 11 is 1.57. The number of nitrogens with zero attached hydrogens (tertiary/aromatic N) is 3. The Kier molecular flexibility index (Phi) is 7.77. The lowest BCUT2D eigenvalue weighted by molar-refractivity contribution is -0.141. The quantitative estimate of drug-likeness (QED) is 0.366. The number of unbranched alkanes of at least 4 members (excludes halogenated alkanes) is 1. The first-order valence-electron chi connectivity index (χ1n) is 11.5. The third-order valence-electron chi connectivity index (χ3n) is 6.00. The summed E-state index contributed by atoms with van der Waals surface area (Å²) in [6, 6.07) is 4.92. The molecule has 6 nitrogen and oxygen atoms in total. The third kappa shape index (κ3) is 6.09. The minimum atomic E-state index is -4.62. The lowest BCUT2D eigenvalue weighted by Crippen LogP contribution is -2.18. The van der Waals surface area contributed by atoms with E-state index in [1.807, 2.05) is 0 Å². The SMILES string of the molecule is CCCCOCC1CCC(c2nc3cnc(NC(=O)c4cccc(C(F)(F)F)n4)cc3s2)CC1. The highest BCUT2D eigenvalue weighted by Crippen LogP contribution is 2.39. The Balaban J connectivity index is 1.38. The van der Waals surface area contributed by atoms with Gasteiger partial charge in [-0.05, 0) is 50.2 Å². The predicted molar refractivity (Wildman–Crippen MR) is 125 cm³/mol. The summed E-state index contributed by atoms with van der Waals surface area (Å²) in [6.07, 6.45) is 3.60. The van der Waals surface area contributed by atoms with Crippen LogP contribution >= 0.6 is 11.3 Å². The van der Waals surface area contributed by atoms with E-state index >= 15 is 0 Å². The first-order valence-corrected chi connectivity index (χ1v) is 12.3. The summed E-state index contributed by atoms with van der Waals surface area (Å²) < 4.78 is 45.3. The molecule has 0 radical (unpaired) electrons.